The molecular weight excluding hydrogens is 250 g/mol. The average molecular weight is 259 g/mol. The lowest BCUT2D eigenvalue weighted by Crippen LogP contribution is -2.03. The van der Waals surface area contributed by atoms with Gasteiger partial charge in [-0.25, -0.2) is 4.79 Å². The summed E-state index contributed by atoms with van der Waals surface area (Å²) in [7, 11) is 0. The predicted molar refractivity (Wildman–Crippen MR) is 67.6 cm³/mol. The van der Waals surface area contributed by atoms with Crippen LogP contribution in [0.25, 0.3) is 0 Å². The number of hydrogen-bond donors (Lipinski definition) is 2. The summed E-state index contributed by atoms with van der Waals surface area (Å²) < 4.78 is 0. The molecule has 96 valence electrons. The van der Waals surface area contributed by atoms with Crippen LogP contribution in [0.5, 0.6) is 0 Å². The van der Waals surface area contributed by atoms with Crippen molar-refractivity contribution in [3.63, 3.8) is 0 Å². The summed E-state index contributed by atoms with van der Waals surface area (Å²) in [6.45, 7) is 0. The van der Waals surface area contributed by atoms with E-state index in [1.165, 1.54) is 12.1 Å². The molecule has 0 saturated heterocycles. The van der Waals surface area contributed by atoms with Gasteiger partial charge in [-0.2, -0.15) is 0 Å². The van der Waals surface area contributed by atoms with E-state index in [9.17, 15) is 14.9 Å². The highest BCUT2D eigenvalue weighted by molar-refractivity contribution is 5.93. The van der Waals surface area contributed by atoms with Crippen LogP contribution in [-0.2, 0) is 0 Å². The minimum atomic E-state index is -1.35. The molecule has 0 radical (unpaired) electrons. The van der Waals surface area contributed by atoms with Crippen LogP contribution in [0.2, 0.25) is 0 Å². The molecule has 0 spiro atoms. The quantitative estimate of drug-likeness (QED) is 0.645. The molecule has 1 aromatic heterocycles. The summed E-state index contributed by atoms with van der Waals surface area (Å²) in [5, 5.41) is 22.6. The number of benzene rings is 1. The number of nitro benzene ring substituents is 1. The van der Waals surface area contributed by atoms with Crippen LogP contribution >= 0.6 is 0 Å². The number of nitrogens with one attached hydrogen (secondary N) is 1. The third kappa shape index (κ3) is 2.83. The Balaban J connectivity index is 2.36. The number of carboxylic acids is 1. The molecule has 19 heavy (non-hydrogen) atoms. The Bertz CT molecular complexity index is 628. The van der Waals surface area contributed by atoms with E-state index in [4.69, 9.17) is 5.11 Å². The number of anilines is 2. The molecule has 2 N–H and O–H groups in total. The van der Waals surface area contributed by atoms with Gasteiger partial charge in [0.1, 0.15) is 5.56 Å². The van der Waals surface area contributed by atoms with Crippen LogP contribution in [0.3, 0.4) is 0 Å². The van der Waals surface area contributed by atoms with Crippen molar-refractivity contribution < 1.29 is 14.8 Å². The van der Waals surface area contributed by atoms with Gasteiger partial charge in [0.2, 0.25) is 0 Å². The van der Waals surface area contributed by atoms with Crippen LogP contribution in [0.1, 0.15) is 10.4 Å². The molecule has 0 aliphatic heterocycles. The summed E-state index contributed by atoms with van der Waals surface area (Å²) >= 11 is 0. The smallest absolute Gasteiger partial charge is 0.342 e. The lowest BCUT2D eigenvalue weighted by molar-refractivity contribution is -0.385. The highest BCUT2D eigenvalue weighted by Gasteiger charge is 2.19. The van der Waals surface area contributed by atoms with Crippen molar-refractivity contribution in [2.24, 2.45) is 0 Å². The molecule has 2 aromatic rings. The summed E-state index contributed by atoms with van der Waals surface area (Å²) in [4.78, 5) is 24.9. The fourth-order valence-electron chi connectivity index (χ4n) is 1.55. The Labute approximate surface area is 107 Å². The number of nitrogens with zero attached hydrogens (tertiary/aromatic N) is 2. The molecule has 0 unspecified atom stereocenters. The molecule has 1 heterocycles. The maximum Gasteiger partial charge on any atom is 0.342 e. The zero-order chi connectivity index (χ0) is 13.8. The first kappa shape index (κ1) is 12.5. The van der Waals surface area contributed by atoms with Gasteiger partial charge >= 0.3 is 5.97 Å². The second kappa shape index (κ2) is 5.13. The number of aromatic carboxylic acids is 1. The van der Waals surface area contributed by atoms with E-state index in [1.54, 1.807) is 24.5 Å². The van der Waals surface area contributed by atoms with Gasteiger partial charge in [0.15, 0.2) is 0 Å². The number of aromatic nitrogens is 1. The Kier molecular flexibility index (Phi) is 3.37. The standard InChI is InChI=1S/C12H9N3O4/c16-12(17)10-6-8(3-4-11(10)15(18)19)14-9-2-1-5-13-7-9/h1-7,14H,(H,16,17). The first-order valence-electron chi connectivity index (χ1n) is 5.26. The number of hydrogen-bond acceptors (Lipinski definition) is 5. The van der Waals surface area contributed by atoms with Crippen LogP contribution in [0.15, 0.2) is 42.7 Å². The largest absolute Gasteiger partial charge is 0.477 e. The van der Waals surface area contributed by atoms with Crippen LogP contribution in [-0.4, -0.2) is 21.0 Å². The first-order valence-corrected chi connectivity index (χ1v) is 5.26. The van der Waals surface area contributed by atoms with Crippen molar-refractivity contribution in [3.05, 3.63) is 58.4 Å². The Hall–Kier alpha value is -2.96. The van der Waals surface area contributed by atoms with Gasteiger partial charge in [0.05, 0.1) is 16.8 Å². The topological polar surface area (TPSA) is 105 Å². The van der Waals surface area contributed by atoms with Gasteiger partial charge in [0.25, 0.3) is 5.69 Å². The third-order valence-electron chi connectivity index (χ3n) is 2.37. The highest BCUT2D eigenvalue weighted by Crippen LogP contribution is 2.24. The molecule has 0 amide bonds. The Morgan fingerprint density at radius 3 is 2.68 bits per heavy atom. The first-order chi connectivity index (χ1) is 9.08. The minimum absolute atomic E-state index is 0.362. The van der Waals surface area contributed by atoms with Crippen molar-refractivity contribution >= 4 is 23.0 Å². The summed E-state index contributed by atoms with van der Waals surface area (Å²) in [6, 6.07) is 7.27. The predicted octanol–water partition coefficient (Wildman–Crippen LogP) is 2.43. The number of pyridine rings is 1. The SMILES string of the molecule is O=C(O)c1cc(Nc2cccnc2)ccc1[N+](=O)[O-]. The molecule has 0 bridgehead atoms. The molecule has 0 fully saturated rings. The summed E-state index contributed by atoms with van der Waals surface area (Å²) in [5.74, 6) is -1.35. The highest BCUT2D eigenvalue weighted by atomic mass is 16.6. The van der Waals surface area contributed by atoms with Gasteiger partial charge in [-0.1, -0.05) is 0 Å². The van der Waals surface area contributed by atoms with Crippen molar-refractivity contribution in [2.75, 3.05) is 5.32 Å². The van der Waals surface area contributed by atoms with Crippen molar-refractivity contribution in [3.8, 4) is 0 Å². The van der Waals surface area contributed by atoms with Crippen LogP contribution in [0.4, 0.5) is 17.1 Å². The molecule has 0 aliphatic carbocycles. The number of nitro groups is 1. The van der Waals surface area contributed by atoms with Crippen molar-refractivity contribution in [1.29, 1.82) is 0 Å². The molecule has 7 nitrogen and oxygen atoms in total. The monoisotopic (exact) mass is 259 g/mol. The summed E-state index contributed by atoms with van der Waals surface area (Å²) in [5.41, 5.74) is 0.298. The molecular formula is C12H9N3O4. The van der Waals surface area contributed by atoms with Crippen molar-refractivity contribution in [2.45, 2.75) is 0 Å². The van der Waals surface area contributed by atoms with E-state index in [-0.39, 0.29) is 5.56 Å². The molecule has 0 saturated carbocycles. The van der Waals surface area contributed by atoms with E-state index in [2.05, 4.69) is 10.3 Å². The number of rotatable bonds is 4. The van der Waals surface area contributed by atoms with Crippen molar-refractivity contribution in [1.82, 2.24) is 4.98 Å². The lowest BCUT2D eigenvalue weighted by atomic mass is 10.1. The molecule has 0 atom stereocenters. The number of carbonyl (C=O) groups is 1. The van der Waals surface area contributed by atoms with Gasteiger partial charge in [0, 0.05) is 18.0 Å². The third-order valence-corrected chi connectivity index (χ3v) is 2.37. The molecule has 1 aromatic carbocycles. The normalized spacial score (nSPS) is 9.89. The Morgan fingerprint density at radius 2 is 2.11 bits per heavy atom. The van der Waals surface area contributed by atoms with E-state index in [0.717, 1.165) is 6.07 Å². The zero-order valence-electron chi connectivity index (χ0n) is 9.61. The van der Waals surface area contributed by atoms with E-state index >= 15 is 0 Å². The van der Waals surface area contributed by atoms with Gasteiger partial charge in [-0.15, -0.1) is 0 Å². The molecule has 2 rings (SSSR count). The fraction of sp³-hybridized carbons (Fsp3) is 0. The summed E-state index contributed by atoms with van der Waals surface area (Å²) in [6.07, 6.45) is 3.16. The van der Waals surface area contributed by atoms with Gasteiger partial charge in [-0.3, -0.25) is 15.1 Å². The second-order valence-corrected chi connectivity index (χ2v) is 3.66. The van der Waals surface area contributed by atoms with Gasteiger partial charge in [-0.05, 0) is 24.3 Å². The maximum absolute atomic E-state index is 11.0. The number of carboxylic acid groups (broad SMARTS) is 1. The molecule has 7 heteroatoms. The zero-order valence-corrected chi connectivity index (χ0v) is 9.61. The molecule has 0 aliphatic rings. The average Bonchev–Trinajstić information content (AvgIpc) is 2.39. The second-order valence-electron chi connectivity index (χ2n) is 3.66. The van der Waals surface area contributed by atoms with E-state index in [1.807, 2.05) is 0 Å². The van der Waals surface area contributed by atoms with Crippen LogP contribution in [0, 0.1) is 10.1 Å². The van der Waals surface area contributed by atoms with E-state index < -0.39 is 16.6 Å². The Morgan fingerprint density at radius 1 is 1.32 bits per heavy atom. The minimum Gasteiger partial charge on any atom is -0.477 e. The fourth-order valence-corrected chi connectivity index (χ4v) is 1.55. The maximum atomic E-state index is 11.0. The van der Waals surface area contributed by atoms with E-state index in [0.29, 0.717) is 11.4 Å². The van der Waals surface area contributed by atoms with Crippen LogP contribution < -0.4 is 5.32 Å². The van der Waals surface area contributed by atoms with Gasteiger partial charge < -0.3 is 10.4 Å². The lowest BCUT2D eigenvalue weighted by Gasteiger charge is -2.06.